The number of rotatable bonds is 13. The molecule has 0 radical (unpaired) electrons. The van der Waals surface area contributed by atoms with E-state index in [-0.39, 0.29) is 26.4 Å². The molecule has 42 heavy (non-hydrogen) atoms. The first-order valence-electron chi connectivity index (χ1n) is 14.2. The van der Waals surface area contributed by atoms with Crippen LogP contribution in [-0.4, -0.2) is 53.9 Å². The van der Waals surface area contributed by atoms with Crippen molar-refractivity contribution in [1.82, 2.24) is 0 Å². The highest BCUT2D eigenvalue weighted by Crippen LogP contribution is 2.33. The van der Waals surface area contributed by atoms with Gasteiger partial charge in [0.05, 0.1) is 33.5 Å². The first-order valence-corrected chi connectivity index (χ1v) is 14.2. The van der Waals surface area contributed by atoms with Crippen molar-refractivity contribution in [1.29, 1.82) is 0 Å². The largest absolute Gasteiger partial charge is 0.497 e. The molecule has 1 fully saturated rings. The molecular weight excluding hydrogens is 532 g/mol. The van der Waals surface area contributed by atoms with Crippen molar-refractivity contribution in [3.8, 4) is 5.75 Å². The Morgan fingerprint density at radius 2 is 0.738 bits per heavy atom. The van der Waals surface area contributed by atoms with Crippen molar-refractivity contribution in [3.63, 3.8) is 0 Å². The summed E-state index contributed by atoms with van der Waals surface area (Å²) in [5.41, 5.74) is 3.77. The highest BCUT2D eigenvalue weighted by molar-refractivity contribution is 5.27. The van der Waals surface area contributed by atoms with E-state index in [1.54, 1.807) is 7.11 Å². The van der Waals surface area contributed by atoms with E-state index in [1.165, 1.54) is 0 Å². The van der Waals surface area contributed by atoms with E-state index in [0.29, 0.717) is 0 Å². The lowest BCUT2D eigenvalue weighted by atomic mass is 9.84. The fourth-order valence-corrected chi connectivity index (χ4v) is 5.13. The van der Waals surface area contributed by atoms with Crippen LogP contribution in [0.25, 0.3) is 0 Å². The Balaban J connectivity index is 1.42. The van der Waals surface area contributed by atoms with Gasteiger partial charge in [-0.15, -0.1) is 0 Å². The zero-order valence-corrected chi connectivity index (χ0v) is 23.7. The maximum atomic E-state index is 11.4. The van der Waals surface area contributed by atoms with Crippen LogP contribution >= 0.6 is 0 Å². The fraction of sp³-hybridized carbons (Fsp3) is 0.314. The Morgan fingerprint density at radius 3 is 1.07 bits per heavy atom. The van der Waals surface area contributed by atoms with Crippen LogP contribution in [-0.2, 0) is 45.4 Å². The maximum Gasteiger partial charge on any atom is 0.118 e. The smallest absolute Gasteiger partial charge is 0.118 e. The molecule has 4 aromatic rings. The zero-order valence-electron chi connectivity index (χ0n) is 23.7. The molecule has 0 aliphatic heterocycles. The van der Waals surface area contributed by atoms with Crippen LogP contribution in [0, 0.1) is 0 Å². The summed E-state index contributed by atoms with van der Waals surface area (Å²) in [5.74, 6) is 0.748. The van der Waals surface area contributed by atoms with Gasteiger partial charge in [-0.1, -0.05) is 103 Å². The van der Waals surface area contributed by atoms with Crippen molar-refractivity contribution < 1.29 is 33.9 Å². The first-order chi connectivity index (χ1) is 20.6. The summed E-state index contributed by atoms with van der Waals surface area (Å²) in [7, 11) is 1.62. The first kappa shape index (κ1) is 29.9. The van der Waals surface area contributed by atoms with Gasteiger partial charge in [-0.3, -0.25) is 0 Å². The zero-order chi connectivity index (χ0) is 29.1. The van der Waals surface area contributed by atoms with Crippen LogP contribution < -0.4 is 4.74 Å². The summed E-state index contributed by atoms with van der Waals surface area (Å²) in [6.45, 7) is 0.979. The third kappa shape index (κ3) is 7.83. The van der Waals surface area contributed by atoms with Gasteiger partial charge in [0.15, 0.2) is 0 Å². The van der Waals surface area contributed by atoms with Crippen LogP contribution in [0.15, 0.2) is 115 Å². The normalized spacial score (nSPS) is 23.9. The predicted octanol–water partition coefficient (Wildman–Crippen LogP) is 5.07. The van der Waals surface area contributed by atoms with Crippen LogP contribution in [0.1, 0.15) is 22.3 Å². The third-order valence-corrected chi connectivity index (χ3v) is 7.45. The summed E-state index contributed by atoms with van der Waals surface area (Å²) in [4.78, 5) is 0. The molecule has 1 aliphatic carbocycles. The average Bonchev–Trinajstić information content (AvgIpc) is 3.05. The molecule has 1 saturated carbocycles. The second-order valence-corrected chi connectivity index (χ2v) is 10.4. The van der Waals surface area contributed by atoms with Crippen molar-refractivity contribution in [2.24, 2.45) is 0 Å². The minimum Gasteiger partial charge on any atom is -0.497 e. The molecular formula is C35H38O7. The fourth-order valence-electron chi connectivity index (χ4n) is 5.13. The molecule has 5 rings (SSSR count). The standard InChI is InChI=1S/C35H38O7/c1-38-29-19-17-28(18-20-29)24-42-35-33(40-22-26-13-7-3-8-14-26)31(37)30(36)32(39-21-25-11-5-2-6-12-25)34(35)41-23-27-15-9-4-10-16-27/h2-20,30-37H,21-24H2,1H3/t30-,31-,32+,33+,34+,35-/m0/s1. The highest BCUT2D eigenvalue weighted by Gasteiger charge is 2.52. The van der Waals surface area contributed by atoms with Crippen molar-refractivity contribution >= 4 is 0 Å². The molecule has 0 spiro atoms. The Hall–Kier alpha value is -3.56. The van der Waals surface area contributed by atoms with E-state index in [2.05, 4.69) is 0 Å². The van der Waals surface area contributed by atoms with Gasteiger partial charge in [0.2, 0.25) is 0 Å². The summed E-state index contributed by atoms with van der Waals surface area (Å²) >= 11 is 0. The minimum atomic E-state index is -1.27. The number of ether oxygens (including phenoxy) is 5. The second-order valence-electron chi connectivity index (χ2n) is 10.4. The molecule has 0 amide bonds. The number of aliphatic hydroxyl groups is 2. The van der Waals surface area contributed by atoms with Gasteiger partial charge in [0.1, 0.15) is 42.4 Å². The Bertz CT molecular complexity index is 1320. The van der Waals surface area contributed by atoms with E-state index < -0.39 is 36.6 Å². The molecule has 0 unspecified atom stereocenters. The third-order valence-electron chi connectivity index (χ3n) is 7.45. The Morgan fingerprint density at radius 1 is 0.429 bits per heavy atom. The maximum absolute atomic E-state index is 11.4. The van der Waals surface area contributed by atoms with Crippen LogP contribution in [0.4, 0.5) is 0 Å². The molecule has 1 aliphatic rings. The molecule has 7 nitrogen and oxygen atoms in total. The van der Waals surface area contributed by atoms with E-state index in [4.69, 9.17) is 23.7 Å². The van der Waals surface area contributed by atoms with Gasteiger partial charge in [0, 0.05) is 0 Å². The summed E-state index contributed by atoms with van der Waals surface area (Å²) < 4.78 is 30.9. The lowest BCUT2D eigenvalue weighted by Crippen LogP contribution is -2.66. The van der Waals surface area contributed by atoms with Gasteiger partial charge in [0.25, 0.3) is 0 Å². The average molecular weight is 571 g/mol. The molecule has 2 N–H and O–H groups in total. The van der Waals surface area contributed by atoms with Gasteiger partial charge in [-0.2, -0.15) is 0 Å². The molecule has 4 aromatic carbocycles. The number of benzene rings is 4. The second kappa shape index (κ2) is 15.1. The Labute approximate surface area is 247 Å². The van der Waals surface area contributed by atoms with Crippen molar-refractivity contribution in [3.05, 3.63) is 138 Å². The van der Waals surface area contributed by atoms with Crippen molar-refractivity contribution in [2.45, 2.75) is 63.1 Å². The van der Waals surface area contributed by atoms with Gasteiger partial charge < -0.3 is 33.9 Å². The molecule has 0 heterocycles. The van der Waals surface area contributed by atoms with Crippen molar-refractivity contribution in [2.75, 3.05) is 7.11 Å². The van der Waals surface area contributed by atoms with E-state index in [0.717, 1.165) is 28.0 Å². The predicted molar refractivity (Wildman–Crippen MR) is 159 cm³/mol. The summed E-state index contributed by atoms with van der Waals surface area (Å²) in [5, 5.41) is 22.8. The monoisotopic (exact) mass is 570 g/mol. The lowest BCUT2D eigenvalue weighted by molar-refractivity contribution is -0.273. The van der Waals surface area contributed by atoms with E-state index in [1.807, 2.05) is 115 Å². The topological polar surface area (TPSA) is 86.6 Å². The SMILES string of the molecule is COc1ccc(CO[C@@H]2[C@H](OCc3ccccc3)[C@H](OCc3ccccc3)[C@@H](O)[C@H](O)[C@H]2OCc2ccccc2)cc1. The lowest BCUT2D eigenvalue weighted by Gasteiger charge is -2.47. The van der Waals surface area contributed by atoms with E-state index in [9.17, 15) is 10.2 Å². The minimum absolute atomic E-state index is 0.235. The quantitative estimate of drug-likeness (QED) is 0.232. The number of hydrogen-bond donors (Lipinski definition) is 2. The molecule has 6 atom stereocenters. The van der Waals surface area contributed by atoms with Gasteiger partial charge in [-0.25, -0.2) is 0 Å². The van der Waals surface area contributed by atoms with E-state index >= 15 is 0 Å². The number of methoxy groups -OCH3 is 1. The molecule has 7 heteroatoms. The van der Waals surface area contributed by atoms with Crippen LogP contribution in [0.3, 0.4) is 0 Å². The molecule has 220 valence electrons. The summed E-state index contributed by atoms with van der Waals surface area (Å²) in [6.07, 6.45) is -5.79. The summed E-state index contributed by atoms with van der Waals surface area (Å²) in [6, 6.07) is 36.8. The highest BCUT2D eigenvalue weighted by atomic mass is 16.6. The van der Waals surface area contributed by atoms with Gasteiger partial charge in [-0.05, 0) is 34.4 Å². The molecule has 0 saturated heterocycles. The Kier molecular flexibility index (Phi) is 10.7. The van der Waals surface area contributed by atoms with Crippen LogP contribution in [0.2, 0.25) is 0 Å². The number of aliphatic hydroxyl groups excluding tert-OH is 2. The molecule has 0 aromatic heterocycles. The molecule has 0 bridgehead atoms. The number of hydrogen-bond acceptors (Lipinski definition) is 7. The van der Waals surface area contributed by atoms with Crippen LogP contribution in [0.5, 0.6) is 5.75 Å². The van der Waals surface area contributed by atoms with Gasteiger partial charge >= 0.3 is 0 Å².